The molecule has 75 heavy (non-hydrogen) atoms. The maximum absolute atomic E-state index is 14.6. The summed E-state index contributed by atoms with van der Waals surface area (Å²) in [5.41, 5.74) is 4.01. The third-order valence-electron chi connectivity index (χ3n) is 16.7. The number of hydrogen-bond acceptors (Lipinski definition) is 8. The molecule has 2 fully saturated rings. The van der Waals surface area contributed by atoms with E-state index in [1.54, 1.807) is 27.9 Å². The molecule has 4 aliphatic rings. The molecule has 418 valence electrons. The molecule has 2 aliphatic heterocycles. The van der Waals surface area contributed by atoms with Crippen LogP contribution in [0.15, 0.2) is 48.5 Å². The summed E-state index contributed by atoms with van der Waals surface area (Å²) < 4.78 is 0. The third kappa shape index (κ3) is 15.9. The van der Waals surface area contributed by atoms with Crippen molar-refractivity contribution in [2.75, 3.05) is 40.3 Å². The van der Waals surface area contributed by atoms with Crippen LogP contribution in [0.3, 0.4) is 0 Å². The van der Waals surface area contributed by atoms with Gasteiger partial charge in [-0.15, -0.1) is 0 Å². The van der Waals surface area contributed by atoms with Crippen molar-refractivity contribution < 1.29 is 28.8 Å². The molecule has 14 nitrogen and oxygen atoms in total. The minimum atomic E-state index is -0.695. The predicted molar refractivity (Wildman–Crippen MR) is 301 cm³/mol. The Bertz CT molecular complexity index is 2070. The number of fused-ring (bicyclic) bond motifs is 2. The van der Waals surface area contributed by atoms with E-state index in [9.17, 15) is 28.8 Å². The van der Waals surface area contributed by atoms with E-state index >= 15 is 0 Å². The molecule has 0 unspecified atom stereocenters. The van der Waals surface area contributed by atoms with Gasteiger partial charge in [0.1, 0.15) is 12.1 Å². The Morgan fingerprint density at radius 3 is 1.27 bits per heavy atom. The molecule has 2 aromatic rings. The normalized spacial score (nSPS) is 21.1. The molecule has 0 bridgehead atoms. The number of nitrogens with zero attached hydrogens (tertiary/aromatic N) is 4. The summed E-state index contributed by atoms with van der Waals surface area (Å²) in [4.78, 5) is 92.2. The third-order valence-corrected chi connectivity index (χ3v) is 16.7. The van der Waals surface area contributed by atoms with E-state index in [1.807, 2.05) is 51.3 Å². The summed E-state index contributed by atoms with van der Waals surface area (Å²) in [6.45, 7) is 17.7. The summed E-state index contributed by atoms with van der Waals surface area (Å²) in [5.74, 6) is -0.311. The van der Waals surface area contributed by atoms with E-state index in [4.69, 9.17) is 0 Å². The number of amides is 6. The summed E-state index contributed by atoms with van der Waals surface area (Å²) in [5, 5.41) is 12.1. The first-order valence-corrected chi connectivity index (χ1v) is 28.6. The highest BCUT2D eigenvalue weighted by Crippen LogP contribution is 2.39. The molecule has 2 aromatic carbocycles. The molecule has 8 atom stereocenters. The highest BCUT2D eigenvalue weighted by atomic mass is 16.2. The summed E-state index contributed by atoms with van der Waals surface area (Å²) in [7, 11) is 3.47. The second-order valence-electron chi connectivity index (χ2n) is 24.2. The number of aryl methyl sites for hydroxylation is 2. The molecule has 14 heteroatoms. The molecular formula is C61H98N8O6. The summed E-state index contributed by atoms with van der Waals surface area (Å²) in [6, 6.07) is 14.4. The van der Waals surface area contributed by atoms with Gasteiger partial charge in [0, 0.05) is 51.1 Å². The zero-order valence-electron chi connectivity index (χ0n) is 47.0. The number of unbranched alkanes of at least 4 members (excludes halogenated alkanes) is 5. The Labute approximate surface area is 452 Å². The first-order chi connectivity index (χ1) is 35.2. The van der Waals surface area contributed by atoms with Crippen LogP contribution in [0, 0.1) is 10.8 Å². The van der Waals surface area contributed by atoms with Crippen molar-refractivity contribution in [3.8, 4) is 0 Å². The van der Waals surface area contributed by atoms with E-state index in [0.717, 1.165) is 103 Å². The number of rotatable bonds is 23. The highest BCUT2D eigenvalue weighted by Gasteiger charge is 2.44. The van der Waals surface area contributed by atoms with Crippen molar-refractivity contribution in [2.24, 2.45) is 10.8 Å². The fourth-order valence-corrected chi connectivity index (χ4v) is 12.0. The van der Waals surface area contributed by atoms with Crippen molar-refractivity contribution in [1.29, 1.82) is 0 Å². The molecule has 0 saturated carbocycles. The Morgan fingerprint density at radius 1 is 0.547 bits per heavy atom. The lowest BCUT2D eigenvalue weighted by atomic mass is 9.85. The molecule has 0 aromatic heterocycles. The first kappa shape index (κ1) is 61.0. The standard InChI is InChI=1S/C60H94N8O6.CH4/c1-41(61-9)55(71)63-53(59(3,4)5)57(73)65-37-23-29-45(65)39-67(49-33-21-27-43-25-17-19-31-47(43)49)51(69)35-15-13-11-12-14-16-36-52(70)68(50-34-22-28-44-26-18-20-32-48(44)50)40-46-30-24-38-66(46)58(74)54(60(6,7)8)64-56(72)42(2)62-10;/h17-20,25-26,31-32,41-42,45-46,49-50,53-54,61-62H,11-16,21-24,27-30,33-40H2,1-10H3,(H,63,71)(H,64,72);1H4/t41-,42-,45-,46-,49+,50+,53+,54+;/m0./s1. The van der Waals surface area contributed by atoms with Crippen LogP contribution >= 0.6 is 0 Å². The van der Waals surface area contributed by atoms with E-state index in [2.05, 4.69) is 79.6 Å². The molecule has 2 aliphatic carbocycles. The van der Waals surface area contributed by atoms with E-state index in [0.29, 0.717) is 39.0 Å². The largest absolute Gasteiger partial charge is 0.342 e. The van der Waals surface area contributed by atoms with Gasteiger partial charge in [-0.3, -0.25) is 28.8 Å². The van der Waals surface area contributed by atoms with Gasteiger partial charge in [-0.25, -0.2) is 0 Å². The zero-order chi connectivity index (χ0) is 53.7. The Kier molecular flexibility index (Phi) is 22.8. The van der Waals surface area contributed by atoms with E-state index in [-0.39, 0.29) is 67.0 Å². The minimum Gasteiger partial charge on any atom is -0.342 e. The van der Waals surface area contributed by atoms with Crippen molar-refractivity contribution in [2.45, 2.75) is 227 Å². The van der Waals surface area contributed by atoms with Crippen LogP contribution in [0.2, 0.25) is 0 Å². The zero-order valence-corrected chi connectivity index (χ0v) is 47.0. The molecule has 2 heterocycles. The second-order valence-corrected chi connectivity index (χ2v) is 24.2. The van der Waals surface area contributed by atoms with E-state index in [1.165, 1.54) is 22.3 Å². The van der Waals surface area contributed by atoms with Crippen LogP contribution in [0.4, 0.5) is 0 Å². The average Bonchev–Trinajstić information content (AvgIpc) is 4.06. The van der Waals surface area contributed by atoms with Crippen LogP contribution in [-0.4, -0.2) is 132 Å². The lowest BCUT2D eigenvalue weighted by Gasteiger charge is -2.41. The smallest absolute Gasteiger partial charge is 0.246 e. The van der Waals surface area contributed by atoms with Crippen LogP contribution in [0.5, 0.6) is 0 Å². The summed E-state index contributed by atoms with van der Waals surface area (Å²) >= 11 is 0. The predicted octanol–water partition coefficient (Wildman–Crippen LogP) is 8.82. The van der Waals surface area contributed by atoms with Gasteiger partial charge in [0.2, 0.25) is 35.4 Å². The molecule has 6 amide bonds. The monoisotopic (exact) mass is 1040 g/mol. The fourth-order valence-electron chi connectivity index (χ4n) is 12.0. The lowest BCUT2D eigenvalue weighted by Crippen LogP contribution is -2.59. The number of carbonyl (C=O) groups excluding carboxylic acids is 6. The summed E-state index contributed by atoms with van der Waals surface area (Å²) in [6.07, 6.45) is 15.3. The van der Waals surface area contributed by atoms with Crippen LogP contribution in [0.25, 0.3) is 0 Å². The number of likely N-dealkylation sites (N-methyl/N-ethyl adjacent to an activating group) is 2. The van der Waals surface area contributed by atoms with Gasteiger partial charge < -0.3 is 40.9 Å². The quantitative estimate of drug-likeness (QED) is 0.0803. The van der Waals surface area contributed by atoms with Crippen molar-refractivity contribution in [3.05, 3.63) is 70.8 Å². The number of carbonyl (C=O) groups is 6. The van der Waals surface area contributed by atoms with Crippen LogP contribution in [0.1, 0.15) is 200 Å². The molecule has 2 saturated heterocycles. The molecule has 4 N–H and O–H groups in total. The van der Waals surface area contributed by atoms with Crippen molar-refractivity contribution in [1.82, 2.24) is 40.9 Å². The van der Waals surface area contributed by atoms with E-state index < -0.39 is 35.0 Å². The Hall–Kier alpha value is -4.82. The topological polar surface area (TPSA) is 163 Å². The number of nitrogens with one attached hydrogen (secondary N) is 4. The van der Waals surface area contributed by atoms with Crippen LogP contribution < -0.4 is 21.3 Å². The SMILES string of the molecule is C.CN[C@@H](C)C(=O)N[C@H](C(=O)N1CCC[C@H]1CN(C(=O)CCCCCCCCC(=O)N(C[C@@H]1CCCN1C(=O)[C@@H](NC(=O)[C@H](C)NC)C(C)(C)C)[C@@H]1CCCc2ccccc21)[C@@H]1CCCc2ccccc21)C(C)(C)C. The first-order valence-electron chi connectivity index (χ1n) is 28.6. The second kappa shape index (κ2) is 28.0. The van der Waals surface area contributed by atoms with Crippen molar-refractivity contribution >= 4 is 35.4 Å². The van der Waals surface area contributed by atoms with Gasteiger partial charge in [-0.2, -0.15) is 0 Å². The molecule has 6 rings (SSSR count). The number of hydrogen-bond donors (Lipinski definition) is 4. The Morgan fingerprint density at radius 2 is 0.907 bits per heavy atom. The van der Waals surface area contributed by atoms with Gasteiger partial charge in [-0.05, 0) is 138 Å². The maximum atomic E-state index is 14.6. The fraction of sp³-hybridized carbons (Fsp3) is 0.705. The van der Waals surface area contributed by atoms with Gasteiger partial charge in [0.15, 0.2) is 0 Å². The maximum Gasteiger partial charge on any atom is 0.246 e. The van der Waals surface area contributed by atoms with Gasteiger partial charge in [-0.1, -0.05) is 123 Å². The van der Waals surface area contributed by atoms with Crippen molar-refractivity contribution in [3.63, 3.8) is 0 Å². The minimum absolute atomic E-state index is 0. The van der Waals surface area contributed by atoms with Gasteiger partial charge in [0.05, 0.1) is 24.2 Å². The van der Waals surface area contributed by atoms with Gasteiger partial charge in [0.25, 0.3) is 0 Å². The van der Waals surface area contributed by atoms with Gasteiger partial charge >= 0.3 is 0 Å². The Balaban J connectivity index is 0.0000104. The highest BCUT2D eigenvalue weighted by molar-refractivity contribution is 5.91. The van der Waals surface area contributed by atoms with Crippen LogP contribution in [-0.2, 0) is 41.6 Å². The lowest BCUT2D eigenvalue weighted by molar-refractivity contribution is -0.143. The number of likely N-dealkylation sites (tertiary alicyclic amines) is 2. The molecule has 0 spiro atoms. The molecule has 0 radical (unpaired) electrons. The molecular weight excluding hydrogens is 941 g/mol. The number of benzene rings is 2. The average molecular weight is 1040 g/mol.